The van der Waals surface area contributed by atoms with Crippen molar-refractivity contribution in [2.75, 3.05) is 33.4 Å². The summed E-state index contributed by atoms with van der Waals surface area (Å²) in [6.45, 7) is 6.53. The Balaban J connectivity index is 2.02. The van der Waals surface area contributed by atoms with Gasteiger partial charge in [-0.25, -0.2) is 4.39 Å². The van der Waals surface area contributed by atoms with Crippen molar-refractivity contribution in [1.29, 1.82) is 0 Å². The van der Waals surface area contributed by atoms with Gasteiger partial charge in [0.25, 0.3) is 5.91 Å². The van der Waals surface area contributed by atoms with Crippen molar-refractivity contribution in [3.63, 3.8) is 0 Å². The second-order valence-corrected chi connectivity index (χ2v) is 7.58. The van der Waals surface area contributed by atoms with Gasteiger partial charge in [-0.05, 0) is 44.0 Å². The molecule has 7 heteroatoms. The molecule has 0 saturated carbocycles. The minimum absolute atomic E-state index is 0.0647. The van der Waals surface area contributed by atoms with Gasteiger partial charge >= 0.3 is 0 Å². The van der Waals surface area contributed by atoms with E-state index in [1.807, 2.05) is 13.8 Å². The minimum atomic E-state index is -0.738. The normalized spacial score (nSPS) is 17.4. The first-order valence-corrected chi connectivity index (χ1v) is 9.41. The number of piperidine rings is 1. The number of nitrogens with one attached hydrogen (secondary N) is 3. The third-order valence-corrected chi connectivity index (χ3v) is 5.11. The summed E-state index contributed by atoms with van der Waals surface area (Å²) < 4.78 is 19.2. The van der Waals surface area contributed by atoms with Crippen molar-refractivity contribution in [2.24, 2.45) is 11.3 Å². The Morgan fingerprint density at radius 2 is 1.93 bits per heavy atom. The van der Waals surface area contributed by atoms with Crippen LogP contribution >= 0.6 is 0 Å². The molecule has 0 bridgehead atoms. The lowest BCUT2D eigenvalue weighted by Gasteiger charge is -2.37. The molecule has 0 aliphatic carbocycles. The maximum absolute atomic E-state index is 13.8. The fourth-order valence-corrected chi connectivity index (χ4v) is 3.42. The van der Waals surface area contributed by atoms with E-state index in [2.05, 4.69) is 16.0 Å². The van der Waals surface area contributed by atoms with Gasteiger partial charge in [-0.15, -0.1) is 0 Å². The van der Waals surface area contributed by atoms with Crippen LogP contribution in [0.3, 0.4) is 0 Å². The lowest BCUT2D eigenvalue weighted by Crippen LogP contribution is -2.53. The van der Waals surface area contributed by atoms with Crippen molar-refractivity contribution in [2.45, 2.75) is 32.7 Å². The minimum Gasteiger partial charge on any atom is -0.384 e. The van der Waals surface area contributed by atoms with Crippen LogP contribution in [0.1, 0.15) is 37.0 Å². The molecule has 2 amide bonds. The van der Waals surface area contributed by atoms with Crippen LogP contribution in [0.4, 0.5) is 4.39 Å². The maximum atomic E-state index is 13.8. The van der Waals surface area contributed by atoms with Gasteiger partial charge in [-0.3, -0.25) is 9.59 Å². The molecule has 1 aliphatic heterocycles. The van der Waals surface area contributed by atoms with E-state index in [1.54, 1.807) is 13.2 Å². The quantitative estimate of drug-likeness (QED) is 0.643. The van der Waals surface area contributed by atoms with E-state index in [-0.39, 0.29) is 22.8 Å². The third-order valence-electron chi connectivity index (χ3n) is 5.11. The molecule has 1 heterocycles. The SMILES string of the molecule is COCC1(CNC(=O)C(NC(=O)c2ccccc2F)C(C)C)CCNCC1. The van der Waals surface area contributed by atoms with Crippen LogP contribution in [0.15, 0.2) is 24.3 Å². The highest BCUT2D eigenvalue weighted by atomic mass is 19.1. The Kier molecular flexibility index (Phi) is 7.74. The number of halogens is 1. The van der Waals surface area contributed by atoms with Crippen LogP contribution in [0.2, 0.25) is 0 Å². The van der Waals surface area contributed by atoms with Crippen molar-refractivity contribution >= 4 is 11.8 Å². The van der Waals surface area contributed by atoms with Crippen LogP contribution in [0.25, 0.3) is 0 Å². The molecule has 1 fully saturated rings. The zero-order valence-corrected chi connectivity index (χ0v) is 16.3. The molecule has 1 atom stereocenters. The molecule has 0 spiro atoms. The lowest BCUT2D eigenvalue weighted by atomic mass is 9.79. The van der Waals surface area contributed by atoms with Gasteiger partial charge in [-0.2, -0.15) is 0 Å². The van der Waals surface area contributed by atoms with E-state index in [0.717, 1.165) is 25.9 Å². The summed E-state index contributed by atoms with van der Waals surface area (Å²) in [5.74, 6) is -1.59. The standard InChI is InChI=1S/C20H30FN3O3/c1-14(2)17(24-18(25)15-6-4-5-7-16(15)21)19(26)23-12-20(13-27-3)8-10-22-11-9-20/h4-7,14,17,22H,8-13H2,1-3H3,(H,23,26)(H,24,25). The first-order chi connectivity index (χ1) is 12.9. The highest BCUT2D eigenvalue weighted by Crippen LogP contribution is 2.28. The molecule has 1 aromatic rings. The summed E-state index contributed by atoms with van der Waals surface area (Å²) in [6.07, 6.45) is 1.82. The zero-order valence-electron chi connectivity index (χ0n) is 16.3. The van der Waals surface area contributed by atoms with Gasteiger partial charge in [-0.1, -0.05) is 26.0 Å². The van der Waals surface area contributed by atoms with Gasteiger partial charge in [0.15, 0.2) is 0 Å². The molecule has 1 aliphatic rings. The Morgan fingerprint density at radius 1 is 1.26 bits per heavy atom. The molecule has 6 nitrogen and oxygen atoms in total. The molecule has 3 N–H and O–H groups in total. The highest BCUT2D eigenvalue weighted by molar-refractivity contribution is 5.97. The number of ether oxygens (including phenoxy) is 1. The average Bonchev–Trinajstić information content (AvgIpc) is 2.65. The van der Waals surface area contributed by atoms with Gasteiger partial charge < -0.3 is 20.7 Å². The molecule has 0 aromatic heterocycles. The first-order valence-electron chi connectivity index (χ1n) is 9.41. The molecule has 1 aromatic carbocycles. The summed E-state index contributed by atoms with van der Waals surface area (Å²) >= 11 is 0. The lowest BCUT2D eigenvalue weighted by molar-refractivity contribution is -0.124. The summed E-state index contributed by atoms with van der Waals surface area (Å²) in [4.78, 5) is 25.1. The van der Waals surface area contributed by atoms with E-state index in [4.69, 9.17) is 4.74 Å². The van der Waals surface area contributed by atoms with E-state index < -0.39 is 17.8 Å². The topological polar surface area (TPSA) is 79.5 Å². The Morgan fingerprint density at radius 3 is 2.52 bits per heavy atom. The number of carbonyl (C=O) groups is 2. The number of rotatable bonds is 8. The first kappa shape index (κ1) is 21.3. The van der Waals surface area contributed by atoms with Gasteiger partial charge in [0.05, 0.1) is 12.2 Å². The predicted octanol–water partition coefficient (Wildman–Crippen LogP) is 1.71. The van der Waals surface area contributed by atoms with Crippen molar-refractivity contribution in [1.82, 2.24) is 16.0 Å². The van der Waals surface area contributed by atoms with Crippen LogP contribution < -0.4 is 16.0 Å². The van der Waals surface area contributed by atoms with Gasteiger partial charge in [0.2, 0.25) is 5.91 Å². The molecule has 1 unspecified atom stereocenters. The monoisotopic (exact) mass is 379 g/mol. The summed E-state index contributed by atoms with van der Waals surface area (Å²) in [5.41, 5.74) is -0.169. The van der Waals surface area contributed by atoms with Crippen molar-refractivity contribution in [3.05, 3.63) is 35.6 Å². The smallest absolute Gasteiger partial charge is 0.254 e. The van der Waals surface area contributed by atoms with E-state index in [0.29, 0.717) is 13.2 Å². The average molecular weight is 379 g/mol. The number of amides is 2. The summed E-state index contributed by atoms with van der Waals surface area (Å²) in [5, 5.41) is 8.96. The van der Waals surface area contributed by atoms with E-state index >= 15 is 0 Å². The molecule has 27 heavy (non-hydrogen) atoms. The Hall–Kier alpha value is -1.99. The largest absolute Gasteiger partial charge is 0.384 e. The van der Waals surface area contributed by atoms with Crippen LogP contribution in [0, 0.1) is 17.2 Å². The van der Waals surface area contributed by atoms with Crippen molar-refractivity contribution in [3.8, 4) is 0 Å². The molecule has 150 valence electrons. The zero-order chi connectivity index (χ0) is 19.9. The van der Waals surface area contributed by atoms with Gasteiger partial charge in [0, 0.05) is 19.1 Å². The number of benzene rings is 1. The fraction of sp³-hybridized carbons (Fsp3) is 0.600. The summed E-state index contributed by atoms with van der Waals surface area (Å²) in [7, 11) is 1.66. The number of methoxy groups -OCH3 is 1. The van der Waals surface area contributed by atoms with Crippen LogP contribution in [-0.2, 0) is 9.53 Å². The number of hydrogen-bond acceptors (Lipinski definition) is 4. The van der Waals surface area contributed by atoms with Crippen molar-refractivity contribution < 1.29 is 18.7 Å². The Bertz CT molecular complexity index is 640. The Labute approximate surface area is 160 Å². The van der Waals surface area contributed by atoms with E-state index in [9.17, 15) is 14.0 Å². The number of hydrogen-bond donors (Lipinski definition) is 3. The number of carbonyl (C=O) groups excluding carboxylic acids is 2. The molecule has 0 radical (unpaired) electrons. The van der Waals surface area contributed by atoms with Crippen LogP contribution in [-0.4, -0.2) is 51.2 Å². The van der Waals surface area contributed by atoms with Crippen LogP contribution in [0.5, 0.6) is 0 Å². The molecule has 1 saturated heterocycles. The second kappa shape index (κ2) is 9.80. The summed E-state index contributed by atoms with van der Waals surface area (Å²) in [6, 6.07) is 5.01. The maximum Gasteiger partial charge on any atom is 0.254 e. The molecular formula is C20H30FN3O3. The van der Waals surface area contributed by atoms with E-state index in [1.165, 1.54) is 18.2 Å². The highest BCUT2D eigenvalue weighted by Gasteiger charge is 2.34. The third kappa shape index (κ3) is 5.74. The second-order valence-electron chi connectivity index (χ2n) is 7.58. The predicted molar refractivity (Wildman–Crippen MR) is 102 cm³/mol. The molecule has 2 rings (SSSR count). The van der Waals surface area contributed by atoms with Gasteiger partial charge in [0.1, 0.15) is 11.9 Å². The fourth-order valence-electron chi connectivity index (χ4n) is 3.42. The molecular weight excluding hydrogens is 349 g/mol.